The number of carboxylic acids is 1. The van der Waals surface area contributed by atoms with E-state index in [2.05, 4.69) is 19.2 Å². The Balaban J connectivity index is 1.67. The van der Waals surface area contributed by atoms with Gasteiger partial charge in [-0.15, -0.1) is 11.3 Å². The molecule has 6 nitrogen and oxygen atoms in total. The highest BCUT2D eigenvalue weighted by atomic mass is 32.1. The molecule has 2 bridgehead atoms. The van der Waals surface area contributed by atoms with Crippen molar-refractivity contribution in [2.24, 2.45) is 29.4 Å². The highest BCUT2D eigenvalue weighted by Gasteiger charge is 2.51. The molecule has 1 aromatic carbocycles. The van der Waals surface area contributed by atoms with Crippen LogP contribution in [0, 0.1) is 30.6 Å². The number of nitrogens with two attached hydrogens (primary N) is 1. The second-order valence-electron chi connectivity index (χ2n) is 8.71. The van der Waals surface area contributed by atoms with Crippen LogP contribution in [0.15, 0.2) is 36.4 Å². The van der Waals surface area contributed by atoms with Crippen molar-refractivity contribution in [3.63, 3.8) is 0 Å². The molecule has 2 amide bonds. The van der Waals surface area contributed by atoms with Gasteiger partial charge in [0.05, 0.1) is 17.4 Å². The smallest absolute Gasteiger partial charge is 0.307 e. The van der Waals surface area contributed by atoms with E-state index in [4.69, 9.17) is 5.73 Å². The summed E-state index contributed by atoms with van der Waals surface area (Å²) >= 11 is 1.29. The van der Waals surface area contributed by atoms with Crippen molar-refractivity contribution in [1.82, 2.24) is 0 Å². The number of allylic oxidation sites excluding steroid dienone is 2. The summed E-state index contributed by atoms with van der Waals surface area (Å²) in [6.45, 7) is 6.12. The molecule has 1 heterocycles. The molecule has 4 atom stereocenters. The van der Waals surface area contributed by atoms with Gasteiger partial charge >= 0.3 is 5.97 Å². The maximum atomic E-state index is 13.1. The third-order valence-corrected chi connectivity index (χ3v) is 7.50. The number of thiophene rings is 1. The van der Waals surface area contributed by atoms with E-state index in [1.54, 1.807) is 0 Å². The summed E-state index contributed by atoms with van der Waals surface area (Å²) in [6, 6.07) is 7.98. The van der Waals surface area contributed by atoms with Crippen molar-refractivity contribution in [2.45, 2.75) is 33.1 Å². The number of amides is 2. The molecule has 2 aliphatic carbocycles. The monoisotopic (exact) mass is 438 g/mol. The minimum Gasteiger partial charge on any atom is -0.481 e. The van der Waals surface area contributed by atoms with E-state index >= 15 is 0 Å². The lowest BCUT2D eigenvalue weighted by Gasteiger charge is -2.23. The number of benzene rings is 1. The van der Waals surface area contributed by atoms with Gasteiger partial charge in [0.2, 0.25) is 5.91 Å². The van der Waals surface area contributed by atoms with Crippen molar-refractivity contribution >= 4 is 34.1 Å². The van der Waals surface area contributed by atoms with Gasteiger partial charge in [-0.05, 0) is 42.2 Å². The Hall–Kier alpha value is -2.93. The van der Waals surface area contributed by atoms with E-state index < -0.39 is 23.7 Å². The Morgan fingerprint density at radius 1 is 1.10 bits per heavy atom. The fourth-order valence-electron chi connectivity index (χ4n) is 4.96. The molecule has 31 heavy (non-hydrogen) atoms. The Bertz CT molecular complexity index is 1080. The number of carbonyl (C=O) groups is 3. The minimum atomic E-state index is -0.958. The SMILES string of the molecule is Cc1sc(NC(=O)[C@@H]2C3C=CC(C3)C2C(=O)O)c(C(N)=O)c1-c1ccc(C(C)C)cc1. The largest absolute Gasteiger partial charge is 0.481 e. The van der Waals surface area contributed by atoms with E-state index in [0.717, 1.165) is 10.4 Å². The molecule has 3 unspecified atom stereocenters. The third kappa shape index (κ3) is 3.67. The van der Waals surface area contributed by atoms with Gasteiger partial charge in [-0.1, -0.05) is 50.3 Å². The minimum absolute atomic E-state index is 0.0905. The summed E-state index contributed by atoms with van der Waals surface area (Å²) < 4.78 is 0. The van der Waals surface area contributed by atoms with Crippen LogP contribution in [0.4, 0.5) is 5.00 Å². The van der Waals surface area contributed by atoms with Crippen molar-refractivity contribution in [3.8, 4) is 11.1 Å². The molecule has 0 spiro atoms. The first-order valence-electron chi connectivity index (χ1n) is 10.4. The molecule has 2 aliphatic rings. The van der Waals surface area contributed by atoms with Crippen LogP contribution in [-0.2, 0) is 9.59 Å². The third-order valence-electron chi connectivity index (χ3n) is 6.48. The molecular weight excluding hydrogens is 412 g/mol. The van der Waals surface area contributed by atoms with Gasteiger partial charge in [0.15, 0.2) is 0 Å². The van der Waals surface area contributed by atoms with Gasteiger partial charge in [0.1, 0.15) is 5.00 Å². The highest BCUT2D eigenvalue weighted by molar-refractivity contribution is 7.17. The molecule has 162 valence electrons. The summed E-state index contributed by atoms with van der Waals surface area (Å²) in [5.74, 6) is -3.15. The summed E-state index contributed by atoms with van der Waals surface area (Å²) in [5.41, 5.74) is 8.76. The number of anilines is 1. The van der Waals surface area contributed by atoms with Gasteiger partial charge in [0.25, 0.3) is 5.91 Å². The number of primary amides is 1. The zero-order valence-electron chi connectivity index (χ0n) is 17.7. The predicted octanol–water partition coefficient (Wildman–Crippen LogP) is 4.41. The fourth-order valence-corrected chi connectivity index (χ4v) is 6.05. The van der Waals surface area contributed by atoms with Crippen molar-refractivity contribution < 1.29 is 19.5 Å². The van der Waals surface area contributed by atoms with Crippen LogP contribution in [0.25, 0.3) is 11.1 Å². The number of hydrogen-bond acceptors (Lipinski definition) is 4. The topological polar surface area (TPSA) is 109 Å². The molecule has 4 N–H and O–H groups in total. The molecule has 7 heteroatoms. The Morgan fingerprint density at radius 2 is 1.71 bits per heavy atom. The summed E-state index contributed by atoms with van der Waals surface area (Å²) in [4.78, 5) is 38.1. The number of aryl methyl sites for hydroxylation is 1. The predicted molar refractivity (Wildman–Crippen MR) is 121 cm³/mol. The van der Waals surface area contributed by atoms with Crippen LogP contribution in [0.1, 0.15) is 47.0 Å². The molecule has 2 aromatic rings. The average molecular weight is 439 g/mol. The average Bonchev–Trinajstić information content (AvgIpc) is 3.40. The van der Waals surface area contributed by atoms with Crippen LogP contribution in [-0.4, -0.2) is 22.9 Å². The molecule has 1 aromatic heterocycles. The van der Waals surface area contributed by atoms with Gasteiger partial charge < -0.3 is 16.2 Å². The van der Waals surface area contributed by atoms with Gasteiger partial charge in [-0.25, -0.2) is 0 Å². The van der Waals surface area contributed by atoms with Crippen LogP contribution >= 0.6 is 11.3 Å². The lowest BCUT2D eigenvalue weighted by Crippen LogP contribution is -2.36. The van der Waals surface area contributed by atoms with Gasteiger partial charge in [-0.2, -0.15) is 0 Å². The number of carbonyl (C=O) groups excluding carboxylic acids is 2. The van der Waals surface area contributed by atoms with Crippen molar-refractivity contribution in [1.29, 1.82) is 0 Å². The van der Waals surface area contributed by atoms with E-state index in [-0.39, 0.29) is 23.3 Å². The van der Waals surface area contributed by atoms with E-state index in [0.29, 0.717) is 22.9 Å². The number of fused-ring (bicyclic) bond motifs is 2. The van der Waals surface area contributed by atoms with Crippen LogP contribution < -0.4 is 11.1 Å². The lowest BCUT2D eigenvalue weighted by molar-refractivity contribution is -0.146. The van der Waals surface area contributed by atoms with Crippen LogP contribution in [0.5, 0.6) is 0 Å². The second-order valence-corrected chi connectivity index (χ2v) is 9.93. The van der Waals surface area contributed by atoms with Crippen LogP contribution in [0.2, 0.25) is 0 Å². The Labute approximate surface area is 185 Å². The lowest BCUT2D eigenvalue weighted by atomic mass is 9.82. The number of aliphatic carboxylic acids is 1. The first kappa shape index (κ1) is 21.3. The quantitative estimate of drug-likeness (QED) is 0.580. The number of rotatable bonds is 6. The first-order chi connectivity index (χ1) is 14.7. The normalized spacial score (nSPS) is 24.0. The molecular formula is C24H26N2O4S. The molecule has 4 rings (SSSR count). The number of hydrogen-bond donors (Lipinski definition) is 3. The molecule has 0 aliphatic heterocycles. The van der Waals surface area contributed by atoms with E-state index in [1.807, 2.05) is 43.3 Å². The number of carboxylic acid groups (broad SMARTS) is 1. The summed E-state index contributed by atoms with van der Waals surface area (Å²) in [7, 11) is 0. The molecule has 0 radical (unpaired) electrons. The van der Waals surface area contributed by atoms with Crippen molar-refractivity contribution in [3.05, 3.63) is 52.4 Å². The Kier molecular flexibility index (Phi) is 5.47. The standard InChI is InChI=1S/C24H26N2O4S/c1-11(2)13-4-6-14(7-5-13)17-12(3)31-23(20(17)21(25)27)26-22(28)18-15-8-9-16(10-15)19(18)24(29)30/h4-9,11,15-16,18-19H,10H2,1-3H3,(H2,25,27)(H,26,28)(H,29,30)/t15?,16?,18-,19?/m1/s1. The van der Waals surface area contributed by atoms with Crippen LogP contribution in [0.3, 0.4) is 0 Å². The maximum Gasteiger partial charge on any atom is 0.307 e. The zero-order valence-corrected chi connectivity index (χ0v) is 18.5. The summed E-state index contributed by atoms with van der Waals surface area (Å²) in [6.07, 6.45) is 4.51. The fraction of sp³-hybridized carbons (Fsp3) is 0.375. The van der Waals surface area contributed by atoms with Gasteiger partial charge in [-0.3, -0.25) is 14.4 Å². The maximum absolute atomic E-state index is 13.1. The van der Waals surface area contributed by atoms with Crippen molar-refractivity contribution in [2.75, 3.05) is 5.32 Å². The van der Waals surface area contributed by atoms with E-state index in [1.165, 1.54) is 16.9 Å². The summed E-state index contributed by atoms with van der Waals surface area (Å²) in [5, 5.41) is 12.9. The second kappa shape index (κ2) is 7.96. The molecule has 0 saturated heterocycles. The zero-order chi connectivity index (χ0) is 22.4. The Morgan fingerprint density at radius 3 is 2.26 bits per heavy atom. The van der Waals surface area contributed by atoms with E-state index in [9.17, 15) is 19.5 Å². The molecule has 1 saturated carbocycles. The highest BCUT2D eigenvalue weighted by Crippen LogP contribution is 2.49. The molecule has 1 fully saturated rings. The number of nitrogens with one attached hydrogen (secondary N) is 1. The first-order valence-corrected chi connectivity index (χ1v) is 11.3. The van der Waals surface area contributed by atoms with Gasteiger partial charge in [0, 0.05) is 10.4 Å².